The van der Waals surface area contributed by atoms with Crippen LogP contribution >= 0.6 is 23.2 Å². The van der Waals surface area contributed by atoms with Crippen molar-refractivity contribution in [2.45, 2.75) is 19.8 Å². The van der Waals surface area contributed by atoms with Gasteiger partial charge in [-0.1, -0.05) is 30.1 Å². The first-order valence-corrected chi connectivity index (χ1v) is 8.07. The lowest BCUT2D eigenvalue weighted by Crippen LogP contribution is -2.42. The maximum Gasteiger partial charge on any atom is 0.321 e. The molecule has 1 aromatic rings. The number of urea groups is 1. The third-order valence-corrected chi connectivity index (χ3v) is 4.32. The normalized spacial score (nSPS) is 16.0. The van der Waals surface area contributed by atoms with Gasteiger partial charge in [-0.2, -0.15) is 0 Å². The minimum atomic E-state index is -0.110. The number of hydrogen-bond donors (Lipinski definition) is 2. The smallest absolute Gasteiger partial charge is 0.321 e. The van der Waals surface area contributed by atoms with Gasteiger partial charge >= 0.3 is 6.03 Å². The topological polar surface area (TPSA) is 44.4 Å². The molecule has 2 amide bonds. The Morgan fingerprint density at radius 3 is 2.71 bits per heavy atom. The van der Waals surface area contributed by atoms with Crippen molar-refractivity contribution in [1.82, 2.24) is 10.2 Å². The molecule has 1 fully saturated rings. The van der Waals surface area contributed by atoms with Gasteiger partial charge in [-0.25, -0.2) is 4.79 Å². The van der Waals surface area contributed by atoms with E-state index in [1.54, 1.807) is 18.2 Å². The van der Waals surface area contributed by atoms with E-state index in [4.69, 9.17) is 23.2 Å². The summed E-state index contributed by atoms with van der Waals surface area (Å²) in [4.78, 5) is 14.1. The summed E-state index contributed by atoms with van der Waals surface area (Å²) in [6.07, 6.45) is 2.06. The van der Waals surface area contributed by atoms with Gasteiger partial charge in [0.2, 0.25) is 0 Å². The fraction of sp³-hybridized carbons (Fsp3) is 0.533. The van der Waals surface area contributed by atoms with Crippen molar-refractivity contribution in [2.75, 3.05) is 31.5 Å². The molecule has 4 nitrogen and oxygen atoms in total. The first-order valence-electron chi connectivity index (χ1n) is 7.32. The van der Waals surface area contributed by atoms with E-state index in [1.165, 1.54) is 0 Å². The Labute approximate surface area is 135 Å². The van der Waals surface area contributed by atoms with Gasteiger partial charge in [0.25, 0.3) is 0 Å². The van der Waals surface area contributed by atoms with Gasteiger partial charge in [0.1, 0.15) is 0 Å². The number of rotatable bonds is 4. The van der Waals surface area contributed by atoms with E-state index in [1.807, 2.05) is 4.90 Å². The van der Waals surface area contributed by atoms with Crippen LogP contribution in [0.2, 0.25) is 10.0 Å². The summed E-state index contributed by atoms with van der Waals surface area (Å²) in [5.41, 5.74) is 0.559. The molecule has 0 aliphatic carbocycles. The molecule has 0 spiro atoms. The second kappa shape index (κ2) is 7.87. The van der Waals surface area contributed by atoms with Crippen LogP contribution in [0.15, 0.2) is 18.2 Å². The molecule has 21 heavy (non-hydrogen) atoms. The number of halogens is 2. The van der Waals surface area contributed by atoms with E-state index in [0.717, 1.165) is 39.0 Å². The average Bonchev–Trinajstić information content (AvgIpc) is 2.49. The fourth-order valence-electron chi connectivity index (χ4n) is 2.48. The van der Waals surface area contributed by atoms with Crippen LogP contribution in [0.25, 0.3) is 0 Å². The Bertz CT molecular complexity index is 488. The SMILES string of the molecule is CCNCC1CCN(C(=O)Nc2cc(Cl)ccc2Cl)CC1. The highest BCUT2D eigenvalue weighted by atomic mass is 35.5. The number of amides is 2. The number of likely N-dealkylation sites (tertiary alicyclic amines) is 1. The Morgan fingerprint density at radius 2 is 2.05 bits per heavy atom. The van der Waals surface area contributed by atoms with E-state index in [2.05, 4.69) is 17.6 Å². The highest BCUT2D eigenvalue weighted by Gasteiger charge is 2.22. The van der Waals surface area contributed by atoms with E-state index >= 15 is 0 Å². The maximum atomic E-state index is 12.2. The number of nitrogens with zero attached hydrogens (tertiary/aromatic N) is 1. The van der Waals surface area contributed by atoms with Crippen molar-refractivity contribution in [2.24, 2.45) is 5.92 Å². The van der Waals surface area contributed by atoms with Crippen molar-refractivity contribution in [3.8, 4) is 0 Å². The van der Waals surface area contributed by atoms with Crippen molar-refractivity contribution < 1.29 is 4.79 Å². The van der Waals surface area contributed by atoms with Gasteiger partial charge in [0.15, 0.2) is 0 Å². The molecule has 2 N–H and O–H groups in total. The number of anilines is 1. The number of carbonyl (C=O) groups is 1. The van der Waals surface area contributed by atoms with Crippen molar-refractivity contribution in [1.29, 1.82) is 0 Å². The Hall–Kier alpha value is -0.970. The van der Waals surface area contributed by atoms with Crippen molar-refractivity contribution in [3.05, 3.63) is 28.2 Å². The van der Waals surface area contributed by atoms with Gasteiger partial charge < -0.3 is 15.5 Å². The van der Waals surface area contributed by atoms with Gasteiger partial charge in [-0.15, -0.1) is 0 Å². The quantitative estimate of drug-likeness (QED) is 0.881. The number of carbonyl (C=O) groups excluding carboxylic acids is 1. The van der Waals surface area contributed by atoms with Crippen molar-refractivity contribution >= 4 is 34.9 Å². The number of nitrogens with one attached hydrogen (secondary N) is 2. The molecule has 1 heterocycles. The van der Waals surface area contributed by atoms with Gasteiger partial charge in [-0.05, 0) is 50.0 Å². The lowest BCUT2D eigenvalue weighted by Gasteiger charge is -2.32. The molecule has 6 heteroatoms. The molecule has 1 aliphatic heterocycles. The van der Waals surface area contributed by atoms with Crippen LogP contribution in [0, 0.1) is 5.92 Å². The highest BCUT2D eigenvalue weighted by molar-refractivity contribution is 6.35. The van der Waals surface area contributed by atoms with E-state index in [-0.39, 0.29) is 6.03 Å². The number of benzene rings is 1. The molecule has 0 atom stereocenters. The summed E-state index contributed by atoms with van der Waals surface area (Å²) in [7, 11) is 0. The number of piperidine rings is 1. The van der Waals surface area contributed by atoms with Crippen LogP contribution in [0.1, 0.15) is 19.8 Å². The van der Waals surface area contributed by atoms with E-state index < -0.39 is 0 Å². The van der Waals surface area contributed by atoms with Gasteiger partial charge in [-0.3, -0.25) is 0 Å². The molecular formula is C15H21Cl2N3O. The monoisotopic (exact) mass is 329 g/mol. The third kappa shape index (κ3) is 4.77. The molecule has 116 valence electrons. The summed E-state index contributed by atoms with van der Waals surface area (Å²) in [6, 6.07) is 4.94. The third-order valence-electron chi connectivity index (χ3n) is 3.75. The molecular weight excluding hydrogens is 309 g/mol. The Balaban J connectivity index is 1.86. The standard InChI is InChI=1S/C15H21Cl2N3O/c1-2-18-10-11-5-7-20(8-6-11)15(21)19-14-9-12(16)3-4-13(14)17/h3-4,9,11,18H,2,5-8,10H2,1H3,(H,19,21). The zero-order chi connectivity index (χ0) is 15.2. The second-order valence-corrected chi connectivity index (χ2v) is 6.14. The maximum absolute atomic E-state index is 12.2. The molecule has 0 bridgehead atoms. The van der Waals surface area contributed by atoms with Crippen LogP contribution < -0.4 is 10.6 Å². The van der Waals surface area contributed by atoms with E-state index in [0.29, 0.717) is 21.7 Å². The van der Waals surface area contributed by atoms with Crippen LogP contribution in [0.5, 0.6) is 0 Å². The predicted octanol–water partition coefficient (Wildman–Crippen LogP) is 3.85. The van der Waals surface area contributed by atoms with Crippen molar-refractivity contribution in [3.63, 3.8) is 0 Å². The van der Waals surface area contributed by atoms with Crippen LogP contribution in [-0.4, -0.2) is 37.1 Å². The Kier molecular flexibility index (Phi) is 6.15. The first kappa shape index (κ1) is 16.4. The minimum Gasteiger partial charge on any atom is -0.325 e. The van der Waals surface area contributed by atoms with E-state index in [9.17, 15) is 4.79 Å². The van der Waals surface area contributed by atoms with Crippen LogP contribution in [-0.2, 0) is 0 Å². The molecule has 1 saturated heterocycles. The summed E-state index contributed by atoms with van der Waals surface area (Å²) in [5, 5.41) is 7.25. The Morgan fingerprint density at radius 1 is 1.33 bits per heavy atom. The summed E-state index contributed by atoms with van der Waals surface area (Å²) >= 11 is 12.0. The second-order valence-electron chi connectivity index (χ2n) is 5.29. The van der Waals surface area contributed by atoms with Crippen LogP contribution in [0.4, 0.5) is 10.5 Å². The predicted molar refractivity (Wildman–Crippen MR) is 88.3 cm³/mol. The largest absolute Gasteiger partial charge is 0.325 e. The zero-order valence-corrected chi connectivity index (χ0v) is 13.7. The van der Waals surface area contributed by atoms with Crippen LogP contribution in [0.3, 0.4) is 0 Å². The summed E-state index contributed by atoms with van der Waals surface area (Å²) in [5.74, 6) is 0.656. The average molecular weight is 330 g/mol. The zero-order valence-electron chi connectivity index (χ0n) is 12.2. The van der Waals surface area contributed by atoms with Gasteiger partial charge in [0, 0.05) is 18.1 Å². The highest BCUT2D eigenvalue weighted by Crippen LogP contribution is 2.26. The summed E-state index contributed by atoms with van der Waals surface area (Å²) in [6.45, 7) is 5.69. The minimum absolute atomic E-state index is 0.110. The fourth-order valence-corrected chi connectivity index (χ4v) is 2.81. The lowest BCUT2D eigenvalue weighted by molar-refractivity contribution is 0.182. The molecule has 0 aromatic heterocycles. The summed E-state index contributed by atoms with van der Waals surface area (Å²) < 4.78 is 0. The molecule has 0 saturated carbocycles. The molecule has 0 radical (unpaired) electrons. The molecule has 1 aliphatic rings. The molecule has 0 unspecified atom stereocenters. The lowest BCUT2D eigenvalue weighted by atomic mass is 9.97. The first-order chi connectivity index (χ1) is 10.1. The number of hydrogen-bond acceptors (Lipinski definition) is 2. The van der Waals surface area contributed by atoms with Gasteiger partial charge in [0.05, 0.1) is 10.7 Å². The molecule has 1 aromatic carbocycles. The molecule has 2 rings (SSSR count).